The first kappa shape index (κ1) is 18.5. The topological polar surface area (TPSA) is 95.8 Å². The number of carbonyl (C=O) groups excluding carboxylic acids is 1. The number of hydrogen-bond donors (Lipinski definition) is 1. The normalized spacial score (nSPS) is 28.8. The fraction of sp³-hybridized carbons (Fsp3) is 0.800. The van der Waals surface area contributed by atoms with Crippen LogP contribution in [0.25, 0.3) is 0 Å². The van der Waals surface area contributed by atoms with E-state index < -0.39 is 9.84 Å². The minimum Gasteiger partial charge on any atom is -0.466 e. The molecule has 3 rings (SSSR count). The minimum atomic E-state index is -2.99. The van der Waals surface area contributed by atoms with Gasteiger partial charge in [-0.1, -0.05) is 0 Å². The van der Waals surface area contributed by atoms with Crippen molar-refractivity contribution in [2.45, 2.75) is 38.8 Å². The van der Waals surface area contributed by atoms with Gasteiger partial charge in [0.1, 0.15) is 0 Å². The van der Waals surface area contributed by atoms with Crippen LogP contribution in [0, 0.1) is 10.8 Å². The van der Waals surface area contributed by atoms with Crippen molar-refractivity contribution in [1.82, 2.24) is 9.78 Å². The number of nitrogens with one attached hydrogen (secondary N) is 1. The lowest BCUT2D eigenvalue weighted by Gasteiger charge is -2.27. The molecule has 3 heterocycles. The van der Waals surface area contributed by atoms with Crippen LogP contribution in [0.1, 0.15) is 38.0 Å². The molecule has 8 nitrogen and oxygen atoms in total. The quantitative estimate of drug-likeness (QED) is 0.555. The van der Waals surface area contributed by atoms with Gasteiger partial charge in [0.15, 0.2) is 16.5 Å². The van der Waals surface area contributed by atoms with Crippen LogP contribution >= 0.6 is 12.2 Å². The number of sulfone groups is 1. The van der Waals surface area contributed by atoms with E-state index in [0.717, 1.165) is 25.9 Å². The van der Waals surface area contributed by atoms with Crippen molar-refractivity contribution >= 4 is 28.0 Å². The Labute approximate surface area is 152 Å². The van der Waals surface area contributed by atoms with E-state index >= 15 is 0 Å². The molecule has 0 aromatic carbocycles. The highest BCUT2D eigenvalue weighted by molar-refractivity contribution is 7.91. The van der Waals surface area contributed by atoms with E-state index in [1.807, 2.05) is 6.92 Å². The Bertz CT molecular complexity index is 777. The number of hydrogen-bond acceptors (Lipinski definition) is 7. The van der Waals surface area contributed by atoms with Gasteiger partial charge in [-0.05, 0) is 25.6 Å². The van der Waals surface area contributed by atoms with Crippen molar-refractivity contribution in [3.05, 3.63) is 10.7 Å². The van der Waals surface area contributed by atoms with Gasteiger partial charge in [-0.25, -0.2) is 8.42 Å². The molecule has 0 bridgehead atoms. The monoisotopic (exact) mass is 390 g/mol. The van der Waals surface area contributed by atoms with Crippen LogP contribution in [0.3, 0.4) is 0 Å². The van der Waals surface area contributed by atoms with E-state index in [9.17, 15) is 13.2 Å². The number of esters is 1. The first-order chi connectivity index (χ1) is 11.9. The second-order valence-electron chi connectivity index (χ2n) is 6.74. The van der Waals surface area contributed by atoms with Gasteiger partial charge in [-0.15, -0.1) is 5.10 Å². The SMILES string of the molecule is CCOC(=O)C1CC[NH+](Cn2nc([C@H]3CCS(=O)(=O)C3)oc2=S)CC1. The molecular weight excluding hydrogens is 366 g/mol. The molecule has 1 aromatic rings. The number of piperidine rings is 1. The Morgan fingerprint density at radius 2 is 2.12 bits per heavy atom. The molecule has 10 heteroatoms. The maximum absolute atomic E-state index is 11.8. The molecule has 2 saturated heterocycles. The van der Waals surface area contributed by atoms with Gasteiger partial charge in [0, 0.05) is 12.8 Å². The fourth-order valence-corrected chi connectivity index (χ4v) is 5.39. The number of aromatic nitrogens is 2. The van der Waals surface area contributed by atoms with Crippen LogP contribution in [0.15, 0.2) is 4.42 Å². The molecule has 2 aliphatic heterocycles. The maximum atomic E-state index is 11.8. The highest BCUT2D eigenvalue weighted by Crippen LogP contribution is 2.27. The van der Waals surface area contributed by atoms with Crippen molar-refractivity contribution in [3.8, 4) is 0 Å². The zero-order valence-electron chi connectivity index (χ0n) is 14.3. The van der Waals surface area contributed by atoms with Crippen molar-refractivity contribution in [2.24, 2.45) is 5.92 Å². The molecule has 140 valence electrons. The van der Waals surface area contributed by atoms with Crippen molar-refractivity contribution in [3.63, 3.8) is 0 Å². The summed E-state index contributed by atoms with van der Waals surface area (Å²) in [6.07, 6.45) is 2.11. The second-order valence-corrected chi connectivity index (χ2v) is 9.32. The molecule has 2 aliphatic rings. The number of rotatable bonds is 5. The number of likely N-dealkylation sites (tertiary alicyclic amines) is 1. The molecule has 0 radical (unpaired) electrons. The maximum Gasteiger partial charge on any atom is 0.309 e. The third kappa shape index (κ3) is 4.48. The zero-order valence-corrected chi connectivity index (χ0v) is 15.9. The second kappa shape index (κ2) is 7.55. The Balaban J connectivity index is 1.58. The van der Waals surface area contributed by atoms with Gasteiger partial charge in [-0.3, -0.25) is 4.79 Å². The third-order valence-electron chi connectivity index (χ3n) is 4.89. The summed E-state index contributed by atoms with van der Waals surface area (Å²) in [5, 5.41) is 4.40. The molecular formula is C15H24N3O5S2+. The van der Waals surface area contributed by atoms with Crippen molar-refractivity contribution in [2.75, 3.05) is 31.2 Å². The lowest BCUT2D eigenvalue weighted by atomic mass is 9.97. The van der Waals surface area contributed by atoms with Crippen LogP contribution in [-0.4, -0.2) is 55.4 Å². The van der Waals surface area contributed by atoms with Crippen molar-refractivity contribution in [1.29, 1.82) is 0 Å². The first-order valence-electron chi connectivity index (χ1n) is 8.66. The Morgan fingerprint density at radius 1 is 1.40 bits per heavy atom. The van der Waals surface area contributed by atoms with Crippen molar-refractivity contribution < 1.29 is 27.3 Å². The summed E-state index contributed by atoms with van der Waals surface area (Å²) in [5.74, 6) is 0.362. The van der Waals surface area contributed by atoms with E-state index in [1.54, 1.807) is 4.68 Å². The van der Waals surface area contributed by atoms with Gasteiger partial charge >= 0.3 is 5.97 Å². The first-order valence-corrected chi connectivity index (χ1v) is 10.9. The molecule has 0 unspecified atom stereocenters. The van der Waals surface area contributed by atoms with Gasteiger partial charge in [0.2, 0.25) is 5.89 Å². The number of ether oxygens (including phenoxy) is 1. The average molecular weight is 391 g/mol. The summed E-state index contributed by atoms with van der Waals surface area (Å²) in [6.45, 7) is 4.48. The molecule has 2 fully saturated rings. The van der Waals surface area contributed by atoms with E-state index in [0.29, 0.717) is 25.6 Å². The molecule has 1 N–H and O–H groups in total. The molecule has 0 saturated carbocycles. The van der Waals surface area contributed by atoms with E-state index in [4.69, 9.17) is 21.4 Å². The summed E-state index contributed by atoms with van der Waals surface area (Å²) >= 11 is 5.23. The van der Waals surface area contributed by atoms with E-state index in [1.165, 1.54) is 4.90 Å². The van der Waals surface area contributed by atoms with Gasteiger partial charge in [0.05, 0.1) is 43.0 Å². The molecule has 0 aliphatic carbocycles. The smallest absolute Gasteiger partial charge is 0.309 e. The predicted octanol–water partition coefficient (Wildman–Crippen LogP) is -0.0768. The average Bonchev–Trinajstić information content (AvgIpc) is 3.11. The molecule has 1 aromatic heterocycles. The van der Waals surface area contributed by atoms with E-state index in [-0.39, 0.29) is 34.1 Å². The lowest BCUT2D eigenvalue weighted by Crippen LogP contribution is -3.12. The van der Waals surface area contributed by atoms with E-state index in [2.05, 4.69) is 5.10 Å². The lowest BCUT2D eigenvalue weighted by molar-refractivity contribution is -0.929. The van der Waals surface area contributed by atoms with Crippen LogP contribution in [0.4, 0.5) is 0 Å². The number of carbonyl (C=O) groups is 1. The summed E-state index contributed by atoms with van der Waals surface area (Å²) in [5.41, 5.74) is 0. The number of nitrogens with zero attached hydrogens (tertiary/aromatic N) is 2. The van der Waals surface area contributed by atoms with Crippen LogP contribution in [0.2, 0.25) is 0 Å². The van der Waals surface area contributed by atoms with Gasteiger partial charge in [-0.2, -0.15) is 4.68 Å². The van der Waals surface area contributed by atoms with Crippen LogP contribution in [-0.2, 0) is 26.0 Å². The molecule has 0 amide bonds. The highest BCUT2D eigenvalue weighted by atomic mass is 32.2. The highest BCUT2D eigenvalue weighted by Gasteiger charge is 2.33. The summed E-state index contributed by atoms with van der Waals surface area (Å²) in [7, 11) is -2.99. The Kier molecular flexibility index (Phi) is 5.59. The third-order valence-corrected chi connectivity index (χ3v) is 6.95. The van der Waals surface area contributed by atoms with Crippen LogP contribution in [0.5, 0.6) is 0 Å². The summed E-state index contributed by atoms with van der Waals surface area (Å²) < 4.78 is 35.5. The predicted molar refractivity (Wildman–Crippen MR) is 91.4 cm³/mol. The molecule has 1 atom stereocenters. The van der Waals surface area contributed by atoms with Gasteiger partial charge in [0.25, 0.3) is 4.84 Å². The zero-order chi connectivity index (χ0) is 18.0. The molecule has 0 spiro atoms. The number of quaternary nitrogens is 1. The Morgan fingerprint density at radius 3 is 2.72 bits per heavy atom. The van der Waals surface area contributed by atoms with Gasteiger partial charge < -0.3 is 14.1 Å². The minimum absolute atomic E-state index is 0.0202. The summed E-state index contributed by atoms with van der Waals surface area (Å²) in [6, 6.07) is 0. The Hall–Kier alpha value is -1.26. The summed E-state index contributed by atoms with van der Waals surface area (Å²) in [4.78, 5) is 13.3. The fourth-order valence-electron chi connectivity index (χ4n) is 3.47. The largest absolute Gasteiger partial charge is 0.466 e. The standard InChI is InChI=1S/C15H23N3O5S2/c1-2-22-14(19)11-3-6-17(7-4-11)10-18-15(24)23-13(16-18)12-5-8-25(20,21)9-12/h11-12H,2-10H2,1H3/p+1/t12-/m0/s1. The molecule has 25 heavy (non-hydrogen) atoms. The van der Waals surface area contributed by atoms with Crippen LogP contribution < -0.4 is 4.90 Å².